The lowest BCUT2D eigenvalue weighted by Gasteiger charge is -2.28. The first kappa shape index (κ1) is 16.3. The van der Waals surface area contributed by atoms with Crippen LogP contribution in [0.1, 0.15) is 31.1 Å². The number of hydrogen-bond donors (Lipinski definition) is 2. The van der Waals surface area contributed by atoms with Gasteiger partial charge in [0.05, 0.1) is 11.3 Å². The molecule has 0 saturated carbocycles. The van der Waals surface area contributed by atoms with Crippen molar-refractivity contribution in [1.82, 2.24) is 4.90 Å². The van der Waals surface area contributed by atoms with Crippen LogP contribution in [0.2, 0.25) is 5.02 Å². The van der Waals surface area contributed by atoms with E-state index in [0.29, 0.717) is 10.9 Å². The van der Waals surface area contributed by atoms with Crippen molar-refractivity contribution in [3.8, 4) is 0 Å². The normalized spacial score (nSPS) is 12.1. The van der Waals surface area contributed by atoms with Gasteiger partial charge in [0, 0.05) is 18.1 Å². The number of benzene rings is 1. The van der Waals surface area contributed by atoms with E-state index in [1.54, 1.807) is 7.05 Å². The molecule has 0 aromatic heterocycles. The Hall–Kier alpha value is -1.75. The zero-order chi connectivity index (χ0) is 15.4. The highest BCUT2D eigenvalue weighted by Crippen LogP contribution is 2.22. The molecule has 5 nitrogen and oxygen atoms in total. The third-order valence-electron chi connectivity index (χ3n) is 3.35. The van der Waals surface area contributed by atoms with Gasteiger partial charge in [-0.3, -0.25) is 0 Å². The third kappa shape index (κ3) is 3.87. The summed E-state index contributed by atoms with van der Waals surface area (Å²) < 4.78 is 0. The Bertz CT molecular complexity index is 517. The number of anilines is 1. The molecule has 0 aliphatic carbocycles. The van der Waals surface area contributed by atoms with Crippen LogP contribution in [0, 0.1) is 5.92 Å². The molecule has 110 valence electrons. The third-order valence-corrected chi connectivity index (χ3v) is 3.58. The molecule has 20 heavy (non-hydrogen) atoms. The summed E-state index contributed by atoms with van der Waals surface area (Å²) in [5, 5.41) is 12.1. The Morgan fingerprint density at radius 3 is 2.40 bits per heavy atom. The van der Waals surface area contributed by atoms with Crippen LogP contribution >= 0.6 is 11.6 Å². The molecule has 1 rings (SSSR count). The molecular weight excluding hydrogens is 280 g/mol. The highest BCUT2D eigenvalue weighted by Gasteiger charge is 2.20. The molecule has 0 saturated heterocycles. The van der Waals surface area contributed by atoms with Crippen molar-refractivity contribution >= 4 is 29.3 Å². The minimum Gasteiger partial charge on any atom is -0.478 e. The van der Waals surface area contributed by atoms with Crippen molar-refractivity contribution in [1.29, 1.82) is 0 Å². The minimum absolute atomic E-state index is 0.00773. The number of carbonyl (C=O) groups excluding carboxylic acids is 1. The first-order chi connectivity index (χ1) is 9.23. The van der Waals surface area contributed by atoms with Crippen LogP contribution in [0.4, 0.5) is 10.5 Å². The number of nitrogens with zero attached hydrogens (tertiary/aromatic N) is 1. The fourth-order valence-corrected chi connectivity index (χ4v) is 1.81. The van der Waals surface area contributed by atoms with Crippen molar-refractivity contribution in [2.24, 2.45) is 5.92 Å². The first-order valence-corrected chi connectivity index (χ1v) is 6.68. The molecule has 2 N–H and O–H groups in total. The number of carboxylic acids is 1. The number of halogens is 1. The van der Waals surface area contributed by atoms with Crippen LogP contribution in [0.25, 0.3) is 0 Å². The van der Waals surface area contributed by atoms with Gasteiger partial charge in [-0.1, -0.05) is 25.4 Å². The van der Waals surface area contributed by atoms with E-state index in [4.69, 9.17) is 16.7 Å². The molecular formula is C14H19ClN2O3. The van der Waals surface area contributed by atoms with E-state index < -0.39 is 5.97 Å². The van der Waals surface area contributed by atoms with Gasteiger partial charge < -0.3 is 15.3 Å². The molecule has 0 radical (unpaired) electrons. The van der Waals surface area contributed by atoms with Crippen LogP contribution in [-0.2, 0) is 0 Å². The zero-order valence-corrected chi connectivity index (χ0v) is 12.7. The Morgan fingerprint density at radius 2 is 1.90 bits per heavy atom. The average molecular weight is 299 g/mol. The average Bonchev–Trinajstić information content (AvgIpc) is 2.36. The van der Waals surface area contributed by atoms with Gasteiger partial charge in [0.25, 0.3) is 0 Å². The number of aromatic carboxylic acids is 1. The largest absolute Gasteiger partial charge is 0.478 e. The topological polar surface area (TPSA) is 69.6 Å². The lowest BCUT2D eigenvalue weighted by atomic mass is 10.1. The number of amides is 2. The predicted octanol–water partition coefficient (Wildman–Crippen LogP) is 3.55. The van der Waals surface area contributed by atoms with Crippen LogP contribution in [0.3, 0.4) is 0 Å². The van der Waals surface area contributed by atoms with E-state index in [9.17, 15) is 9.59 Å². The highest BCUT2D eigenvalue weighted by atomic mass is 35.5. The van der Waals surface area contributed by atoms with Gasteiger partial charge in [-0.2, -0.15) is 0 Å². The molecule has 0 aliphatic heterocycles. The Balaban J connectivity index is 2.95. The number of hydrogen-bond acceptors (Lipinski definition) is 2. The molecule has 0 fully saturated rings. The quantitative estimate of drug-likeness (QED) is 0.893. The van der Waals surface area contributed by atoms with Crippen LogP contribution in [-0.4, -0.2) is 35.1 Å². The Kier molecular flexibility index (Phi) is 5.39. The van der Waals surface area contributed by atoms with Crippen LogP contribution < -0.4 is 5.32 Å². The molecule has 0 spiro atoms. The second-order valence-electron chi connectivity index (χ2n) is 5.02. The molecule has 0 bridgehead atoms. The van der Waals surface area contributed by atoms with Crippen molar-refractivity contribution in [2.45, 2.75) is 26.8 Å². The van der Waals surface area contributed by atoms with Crippen molar-refractivity contribution in [3.05, 3.63) is 28.8 Å². The maximum Gasteiger partial charge on any atom is 0.337 e. The number of nitrogens with one attached hydrogen (secondary N) is 1. The Labute approximate surface area is 123 Å². The SMILES string of the molecule is CC(C)C(C)N(C)C(=O)Nc1cc(Cl)ccc1C(=O)O. The summed E-state index contributed by atoms with van der Waals surface area (Å²) >= 11 is 5.84. The smallest absolute Gasteiger partial charge is 0.337 e. The molecule has 2 amide bonds. The summed E-state index contributed by atoms with van der Waals surface area (Å²) in [7, 11) is 1.67. The van der Waals surface area contributed by atoms with E-state index in [2.05, 4.69) is 5.32 Å². The number of urea groups is 1. The number of carbonyl (C=O) groups is 2. The standard InChI is InChI=1S/C14H19ClN2O3/c1-8(2)9(3)17(4)14(20)16-12-7-10(15)5-6-11(12)13(18)19/h5-9H,1-4H3,(H,16,20)(H,18,19). The number of carboxylic acid groups (broad SMARTS) is 1. The predicted molar refractivity (Wildman–Crippen MR) is 79.5 cm³/mol. The van der Waals surface area contributed by atoms with E-state index in [0.717, 1.165) is 0 Å². The van der Waals surface area contributed by atoms with Crippen molar-refractivity contribution < 1.29 is 14.7 Å². The van der Waals surface area contributed by atoms with Crippen LogP contribution in [0.15, 0.2) is 18.2 Å². The fourth-order valence-electron chi connectivity index (χ4n) is 1.64. The molecule has 0 aliphatic rings. The van der Waals surface area contributed by atoms with E-state index >= 15 is 0 Å². The molecule has 1 aromatic rings. The van der Waals surface area contributed by atoms with Crippen molar-refractivity contribution in [2.75, 3.05) is 12.4 Å². The van der Waals surface area contributed by atoms with Gasteiger partial charge in [0.15, 0.2) is 0 Å². The van der Waals surface area contributed by atoms with Gasteiger partial charge in [-0.15, -0.1) is 0 Å². The first-order valence-electron chi connectivity index (χ1n) is 6.30. The van der Waals surface area contributed by atoms with Gasteiger partial charge in [0.2, 0.25) is 0 Å². The monoisotopic (exact) mass is 298 g/mol. The second-order valence-corrected chi connectivity index (χ2v) is 5.46. The summed E-state index contributed by atoms with van der Waals surface area (Å²) in [5.41, 5.74) is 0.200. The maximum absolute atomic E-state index is 12.1. The zero-order valence-electron chi connectivity index (χ0n) is 12.0. The number of rotatable bonds is 4. The molecule has 0 heterocycles. The van der Waals surface area contributed by atoms with Gasteiger partial charge in [0.1, 0.15) is 0 Å². The molecule has 6 heteroatoms. The molecule has 1 aromatic carbocycles. The second kappa shape index (κ2) is 6.61. The Morgan fingerprint density at radius 1 is 1.30 bits per heavy atom. The summed E-state index contributed by atoms with van der Waals surface area (Å²) in [6.45, 7) is 5.95. The van der Waals surface area contributed by atoms with Gasteiger partial charge >= 0.3 is 12.0 Å². The lowest BCUT2D eigenvalue weighted by Crippen LogP contribution is -2.41. The molecule has 1 unspecified atom stereocenters. The lowest BCUT2D eigenvalue weighted by molar-refractivity contribution is 0.0698. The fraction of sp³-hybridized carbons (Fsp3) is 0.429. The van der Waals surface area contributed by atoms with E-state index in [1.807, 2.05) is 20.8 Å². The van der Waals surface area contributed by atoms with Crippen LogP contribution in [0.5, 0.6) is 0 Å². The molecule has 1 atom stereocenters. The van der Waals surface area contributed by atoms with E-state index in [-0.39, 0.29) is 23.3 Å². The summed E-state index contributed by atoms with van der Waals surface area (Å²) in [4.78, 5) is 24.8. The summed E-state index contributed by atoms with van der Waals surface area (Å²) in [6, 6.07) is 3.93. The van der Waals surface area contributed by atoms with Gasteiger partial charge in [-0.25, -0.2) is 9.59 Å². The van der Waals surface area contributed by atoms with Gasteiger partial charge in [-0.05, 0) is 31.0 Å². The maximum atomic E-state index is 12.1. The minimum atomic E-state index is -1.11. The highest BCUT2D eigenvalue weighted by molar-refractivity contribution is 6.31. The van der Waals surface area contributed by atoms with Crippen molar-refractivity contribution in [3.63, 3.8) is 0 Å². The van der Waals surface area contributed by atoms with E-state index in [1.165, 1.54) is 23.1 Å². The summed E-state index contributed by atoms with van der Waals surface area (Å²) in [6.07, 6.45) is 0. The summed E-state index contributed by atoms with van der Waals surface area (Å²) in [5.74, 6) is -0.819.